The number of unbranched alkanes of at least 4 members (excludes halogenated alkanes) is 10. The van der Waals surface area contributed by atoms with E-state index in [4.69, 9.17) is 9.57 Å². The number of rotatable bonds is 18. The highest BCUT2D eigenvalue weighted by Crippen LogP contribution is 2.45. The molecule has 1 aliphatic rings. The molecule has 0 amide bonds. The van der Waals surface area contributed by atoms with Crippen molar-refractivity contribution in [1.82, 2.24) is 5.06 Å². The standard InChI is InChI=1S/C33H57NO3/c1-7-10-11-12-13-14-15-16-17-18-22-25-31(35)36-30-26-32(5,6)34(33(8-2,9-3)27-30)37-28(4)29-23-20-19-21-24-29/h19-21,23-24,28,30H,7-18,22,25-27H2,1-6H3. The number of hydrogen-bond acceptors (Lipinski definition) is 4. The third kappa shape index (κ3) is 10.4. The van der Waals surface area contributed by atoms with Crippen LogP contribution in [-0.2, 0) is 14.4 Å². The number of hydroxylamine groups is 2. The summed E-state index contributed by atoms with van der Waals surface area (Å²) in [5, 5.41) is 2.26. The number of hydrogen-bond donors (Lipinski definition) is 0. The molecule has 0 bridgehead atoms. The number of nitrogens with zero attached hydrogens (tertiary/aromatic N) is 1. The Labute approximate surface area is 228 Å². The monoisotopic (exact) mass is 515 g/mol. The van der Waals surface area contributed by atoms with E-state index in [1.54, 1.807) is 0 Å². The molecule has 37 heavy (non-hydrogen) atoms. The summed E-state index contributed by atoms with van der Waals surface area (Å²) >= 11 is 0. The second kappa shape index (κ2) is 16.5. The molecule has 0 aliphatic carbocycles. The SMILES string of the molecule is CCCCCCCCCCCCCC(=O)OC1CC(C)(C)N(OC(C)c2ccccc2)C(CC)(CC)C1. The lowest BCUT2D eigenvalue weighted by Gasteiger charge is -2.56. The van der Waals surface area contributed by atoms with Crippen LogP contribution in [0.1, 0.15) is 156 Å². The molecule has 1 fully saturated rings. The first-order valence-electron chi connectivity index (χ1n) is 15.5. The molecule has 1 saturated heterocycles. The molecule has 1 aromatic carbocycles. The van der Waals surface area contributed by atoms with Gasteiger partial charge in [0.15, 0.2) is 0 Å². The van der Waals surface area contributed by atoms with Gasteiger partial charge in [-0.3, -0.25) is 9.63 Å². The molecule has 4 nitrogen and oxygen atoms in total. The molecule has 0 aromatic heterocycles. The lowest BCUT2D eigenvalue weighted by atomic mass is 9.75. The van der Waals surface area contributed by atoms with Gasteiger partial charge in [-0.25, -0.2) is 0 Å². The van der Waals surface area contributed by atoms with E-state index in [9.17, 15) is 4.79 Å². The molecule has 0 N–H and O–H groups in total. The third-order valence-electron chi connectivity index (χ3n) is 8.45. The fourth-order valence-corrected chi connectivity index (χ4v) is 6.15. The van der Waals surface area contributed by atoms with Crippen LogP contribution in [0, 0.1) is 0 Å². The van der Waals surface area contributed by atoms with Crippen LogP contribution in [0.3, 0.4) is 0 Å². The van der Waals surface area contributed by atoms with Crippen molar-refractivity contribution in [2.24, 2.45) is 0 Å². The van der Waals surface area contributed by atoms with E-state index < -0.39 is 0 Å². The Morgan fingerprint density at radius 1 is 0.865 bits per heavy atom. The highest BCUT2D eigenvalue weighted by Gasteiger charge is 2.51. The van der Waals surface area contributed by atoms with E-state index >= 15 is 0 Å². The molecule has 2 atom stereocenters. The van der Waals surface area contributed by atoms with Crippen LogP contribution >= 0.6 is 0 Å². The lowest BCUT2D eigenvalue weighted by Crippen LogP contribution is -2.64. The van der Waals surface area contributed by atoms with Gasteiger partial charge in [0.25, 0.3) is 0 Å². The minimum Gasteiger partial charge on any atom is -0.462 e. The van der Waals surface area contributed by atoms with Gasteiger partial charge in [0, 0.05) is 30.3 Å². The van der Waals surface area contributed by atoms with Crippen molar-refractivity contribution >= 4 is 5.97 Å². The number of ether oxygens (including phenoxy) is 1. The van der Waals surface area contributed by atoms with E-state index in [1.165, 1.54) is 63.4 Å². The second-order valence-corrected chi connectivity index (χ2v) is 12.0. The fraction of sp³-hybridized carbons (Fsp3) is 0.788. The van der Waals surface area contributed by atoms with Gasteiger partial charge < -0.3 is 4.74 Å². The van der Waals surface area contributed by atoms with E-state index in [0.29, 0.717) is 6.42 Å². The van der Waals surface area contributed by atoms with Crippen molar-refractivity contribution in [2.75, 3.05) is 0 Å². The average molecular weight is 516 g/mol. The van der Waals surface area contributed by atoms with Crippen molar-refractivity contribution in [3.63, 3.8) is 0 Å². The van der Waals surface area contributed by atoms with Gasteiger partial charge in [-0.2, -0.15) is 5.06 Å². The summed E-state index contributed by atoms with van der Waals surface area (Å²) in [5.41, 5.74) is 0.807. The number of carbonyl (C=O) groups excluding carboxylic acids is 1. The van der Waals surface area contributed by atoms with Gasteiger partial charge in [-0.05, 0) is 45.6 Å². The lowest BCUT2D eigenvalue weighted by molar-refractivity contribution is -0.323. The Balaban J connectivity index is 1.79. The average Bonchev–Trinajstić information content (AvgIpc) is 2.88. The minimum atomic E-state index is -0.227. The zero-order chi connectivity index (χ0) is 27.2. The van der Waals surface area contributed by atoms with Gasteiger partial charge >= 0.3 is 5.97 Å². The van der Waals surface area contributed by atoms with E-state index in [-0.39, 0.29) is 29.3 Å². The summed E-state index contributed by atoms with van der Waals surface area (Å²) in [6, 6.07) is 10.4. The maximum Gasteiger partial charge on any atom is 0.306 e. The summed E-state index contributed by atoms with van der Waals surface area (Å²) < 4.78 is 6.09. The maximum absolute atomic E-state index is 12.7. The van der Waals surface area contributed by atoms with E-state index in [2.05, 4.69) is 70.9 Å². The molecule has 1 heterocycles. The largest absolute Gasteiger partial charge is 0.462 e. The van der Waals surface area contributed by atoms with Crippen LogP contribution in [0.4, 0.5) is 0 Å². The van der Waals surface area contributed by atoms with Gasteiger partial charge in [-0.1, -0.05) is 115 Å². The third-order valence-corrected chi connectivity index (χ3v) is 8.45. The zero-order valence-electron chi connectivity index (χ0n) is 25.0. The number of benzene rings is 1. The Kier molecular flexibility index (Phi) is 14.2. The molecule has 1 aliphatic heterocycles. The number of piperidine rings is 1. The quantitative estimate of drug-likeness (QED) is 0.144. The molecule has 1 aromatic rings. The predicted octanol–water partition coefficient (Wildman–Crippen LogP) is 9.73. The first-order chi connectivity index (χ1) is 17.8. The van der Waals surface area contributed by atoms with Crippen LogP contribution in [-0.4, -0.2) is 28.2 Å². The zero-order valence-corrected chi connectivity index (χ0v) is 25.0. The Bertz CT molecular complexity index is 743. The summed E-state index contributed by atoms with van der Waals surface area (Å²) in [7, 11) is 0. The Hall–Kier alpha value is -1.39. The molecule has 212 valence electrons. The molecule has 2 unspecified atom stereocenters. The molecular weight excluding hydrogens is 458 g/mol. The van der Waals surface area contributed by atoms with Gasteiger partial charge in [-0.15, -0.1) is 0 Å². The maximum atomic E-state index is 12.7. The van der Waals surface area contributed by atoms with Crippen molar-refractivity contribution in [1.29, 1.82) is 0 Å². The van der Waals surface area contributed by atoms with Crippen LogP contribution in [0.5, 0.6) is 0 Å². The van der Waals surface area contributed by atoms with E-state index in [1.807, 2.05) is 6.07 Å². The first-order valence-corrected chi connectivity index (χ1v) is 15.5. The van der Waals surface area contributed by atoms with Crippen molar-refractivity contribution in [3.05, 3.63) is 35.9 Å². The molecule has 0 radical (unpaired) electrons. The summed E-state index contributed by atoms with van der Waals surface area (Å²) in [5.74, 6) is -0.0233. The van der Waals surface area contributed by atoms with Gasteiger partial charge in [0.05, 0.1) is 0 Å². The van der Waals surface area contributed by atoms with Gasteiger partial charge in [0.2, 0.25) is 0 Å². The van der Waals surface area contributed by atoms with Crippen LogP contribution in [0.2, 0.25) is 0 Å². The fourth-order valence-electron chi connectivity index (χ4n) is 6.15. The van der Waals surface area contributed by atoms with E-state index in [0.717, 1.165) is 38.5 Å². The second-order valence-electron chi connectivity index (χ2n) is 12.0. The number of carbonyl (C=O) groups is 1. The molecule has 0 spiro atoms. The predicted molar refractivity (Wildman–Crippen MR) is 155 cm³/mol. The molecular formula is C33H57NO3. The van der Waals surface area contributed by atoms with Crippen molar-refractivity contribution < 1.29 is 14.4 Å². The highest BCUT2D eigenvalue weighted by atomic mass is 16.7. The first kappa shape index (κ1) is 31.8. The van der Waals surface area contributed by atoms with Crippen LogP contribution < -0.4 is 0 Å². The summed E-state index contributed by atoms with van der Waals surface area (Å²) in [6.45, 7) is 13.3. The molecule has 4 heteroatoms. The normalized spacial score (nSPS) is 20.0. The van der Waals surface area contributed by atoms with Crippen molar-refractivity contribution in [3.8, 4) is 0 Å². The summed E-state index contributed by atoms with van der Waals surface area (Å²) in [4.78, 5) is 19.4. The smallest absolute Gasteiger partial charge is 0.306 e. The minimum absolute atomic E-state index is 0.0233. The van der Waals surface area contributed by atoms with Gasteiger partial charge in [0.1, 0.15) is 12.2 Å². The van der Waals surface area contributed by atoms with Crippen LogP contribution in [0.25, 0.3) is 0 Å². The summed E-state index contributed by atoms with van der Waals surface area (Å²) in [6.07, 6.45) is 18.2. The topological polar surface area (TPSA) is 38.8 Å². The molecule has 0 saturated carbocycles. The number of esters is 1. The Morgan fingerprint density at radius 3 is 1.95 bits per heavy atom. The van der Waals surface area contributed by atoms with Crippen LogP contribution in [0.15, 0.2) is 30.3 Å². The van der Waals surface area contributed by atoms with Crippen molar-refractivity contribution in [2.45, 2.75) is 168 Å². The highest BCUT2D eigenvalue weighted by molar-refractivity contribution is 5.69. The Morgan fingerprint density at radius 2 is 1.41 bits per heavy atom. The molecule has 2 rings (SSSR count).